The Kier molecular flexibility index (Phi) is 5.95. The summed E-state index contributed by atoms with van der Waals surface area (Å²) in [5.41, 5.74) is 8.97. The van der Waals surface area contributed by atoms with Crippen LogP contribution in [0.4, 0.5) is 11.5 Å². The Balaban J connectivity index is 1.55. The molecule has 8 nitrogen and oxygen atoms in total. The maximum atomic E-state index is 12.3. The van der Waals surface area contributed by atoms with Gasteiger partial charge in [-0.25, -0.2) is 19.7 Å². The van der Waals surface area contributed by atoms with Crippen LogP contribution in [0.1, 0.15) is 32.3 Å². The van der Waals surface area contributed by atoms with Crippen molar-refractivity contribution in [1.82, 2.24) is 15.0 Å². The Hall–Kier alpha value is -3.33. The van der Waals surface area contributed by atoms with Crippen LogP contribution in [0.5, 0.6) is 0 Å². The van der Waals surface area contributed by atoms with Crippen molar-refractivity contribution in [1.29, 1.82) is 0 Å². The third-order valence-electron chi connectivity index (χ3n) is 3.85. The first-order chi connectivity index (χ1) is 13.4. The highest BCUT2D eigenvalue weighted by Crippen LogP contribution is 2.18. The van der Waals surface area contributed by atoms with E-state index >= 15 is 0 Å². The predicted octanol–water partition coefficient (Wildman–Crippen LogP) is 2.67. The number of amides is 1. The molecule has 1 aromatic carbocycles. The monoisotopic (exact) mass is 397 g/mol. The van der Waals surface area contributed by atoms with Crippen molar-refractivity contribution in [2.24, 2.45) is 0 Å². The minimum absolute atomic E-state index is 0.00887. The van der Waals surface area contributed by atoms with E-state index in [4.69, 9.17) is 10.5 Å². The Labute approximate surface area is 165 Å². The minimum Gasteiger partial charge on any atom is -0.454 e. The lowest BCUT2D eigenvalue weighted by molar-refractivity contribution is -0.115. The molecule has 28 heavy (non-hydrogen) atoms. The molecule has 0 saturated heterocycles. The molecule has 0 radical (unpaired) electrons. The van der Waals surface area contributed by atoms with Crippen molar-refractivity contribution in [3.63, 3.8) is 0 Å². The molecule has 3 N–H and O–H groups in total. The van der Waals surface area contributed by atoms with Crippen LogP contribution in [0.2, 0.25) is 0 Å². The maximum absolute atomic E-state index is 12.3. The summed E-state index contributed by atoms with van der Waals surface area (Å²) in [5.74, 6) is -0.818. The van der Waals surface area contributed by atoms with Gasteiger partial charge in [-0.2, -0.15) is 0 Å². The van der Waals surface area contributed by atoms with E-state index in [9.17, 15) is 9.59 Å². The van der Waals surface area contributed by atoms with Crippen LogP contribution in [-0.2, 0) is 22.6 Å². The summed E-state index contributed by atoms with van der Waals surface area (Å²) >= 11 is 1.33. The molecule has 2 aromatic heterocycles. The third-order valence-corrected chi connectivity index (χ3v) is 4.75. The van der Waals surface area contributed by atoms with E-state index in [0.717, 1.165) is 16.8 Å². The number of aryl methyl sites for hydroxylation is 2. The van der Waals surface area contributed by atoms with E-state index in [-0.39, 0.29) is 30.4 Å². The number of esters is 1. The predicted molar refractivity (Wildman–Crippen MR) is 106 cm³/mol. The van der Waals surface area contributed by atoms with E-state index < -0.39 is 5.97 Å². The van der Waals surface area contributed by atoms with Gasteiger partial charge in [0.1, 0.15) is 11.6 Å². The Morgan fingerprint density at radius 1 is 1.21 bits per heavy atom. The second-order valence-electron chi connectivity index (χ2n) is 6.14. The first kappa shape index (κ1) is 19.4. The Bertz CT molecular complexity index is 1020. The molecule has 0 fully saturated rings. The number of hydrogen-bond acceptors (Lipinski definition) is 8. The van der Waals surface area contributed by atoms with Gasteiger partial charge in [0.15, 0.2) is 11.5 Å². The Morgan fingerprint density at radius 3 is 2.79 bits per heavy atom. The van der Waals surface area contributed by atoms with E-state index in [0.29, 0.717) is 10.7 Å². The normalized spacial score (nSPS) is 10.5. The number of nitrogens with two attached hydrogens (primary N) is 1. The minimum atomic E-state index is -0.673. The lowest BCUT2D eigenvalue weighted by Gasteiger charge is -2.08. The summed E-state index contributed by atoms with van der Waals surface area (Å²) in [6, 6.07) is 5.89. The van der Waals surface area contributed by atoms with Crippen LogP contribution in [-0.4, -0.2) is 26.8 Å². The number of aromatic nitrogens is 3. The van der Waals surface area contributed by atoms with Crippen molar-refractivity contribution >= 4 is 34.7 Å². The average Bonchev–Trinajstić information content (AvgIpc) is 3.10. The fourth-order valence-corrected chi connectivity index (χ4v) is 3.19. The van der Waals surface area contributed by atoms with E-state index in [1.165, 1.54) is 23.7 Å². The Morgan fingerprint density at radius 2 is 2.00 bits per heavy atom. The van der Waals surface area contributed by atoms with Crippen molar-refractivity contribution in [2.75, 3.05) is 11.1 Å². The lowest BCUT2D eigenvalue weighted by atomic mass is 10.1. The van der Waals surface area contributed by atoms with E-state index in [1.54, 1.807) is 5.38 Å². The number of ether oxygens (including phenoxy) is 1. The summed E-state index contributed by atoms with van der Waals surface area (Å²) < 4.78 is 5.16. The second kappa shape index (κ2) is 8.57. The average molecular weight is 397 g/mol. The number of nitrogens with one attached hydrogen (secondary N) is 1. The van der Waals surface area contributed by atoms with Gasteiger partial charge < -0.3 is 15.8 Å². The van der Waals surface area contributed by atoms with E-state index in [1.807, 2.05) is 32.0 Å². The number of hydrogen-bond donors (Lipinski definition) is 2. The zero-order chi connectivity index (χ0) is 20.1. The van der Waals surface area contributed by atoms with Crippen molar-refractivity contribution in [3.05, 3.63) is 63.5 Å². The topological polar surface area (TPSA) is 120 Å². The number of anilines is 2. The SMILES string of the molecule is Cc1ccc(C)c(NC(=O)Cc2nc(COC(=O)c3nccnc3N)cs2)c1. The standard InChI is InChI=1S/C19H19N5O3S/c1-11-3-4-12(2)14(7-11)24-15(25)8-16-23-13(10-28-16)9-27-19(26)17-18(20)22-6-5-21-17/h3-7,10H,8-9H2,1-2H3,(H2,20,22)(H,24,25). The molecule has 0 aliphatic carbocycles. The molecular weight excluding hydrogens is 378 g/mol. The molecule has 3 rings (SSSR count). The summed E-state index contributed by atoms with van der Waals surface area (Å²) in [4.78, 5) is 36.3. The van der Waals surface area contributed by atoms with Gasteiger partial charge in [0.2, 0.25) is 5.91 Å². The number of rotatable bonds is 6. The number of nitrogens with zero attached hydrogens (tertiary/aromatic N) is 3. The highest BCUT2D eigenvalue weighted by molar-refractivity contribution is 7.09. The van der Waals surface area contributed by atoms with Crippen LogP contribution in [0, 0.1) is 13.8 Å². The van der Waals surface area contributed by atoms with Gasteiger partial charge in [0.05, 0.1) is 12.1 Å². The van der Waals surface area contributed by atoms with E-state index in [2.05, 4.69) is 20.3 Å². The molecule has 2 heterocycles. The maximum Gasteiger partial charge on any atom is 0.361 e. The molecule has 1 amide bonds. The largest absolute Gasteiger partial charge is 0.454 e. The first-order valence-electron chi connectivity index (χ1n) is 8.46. The summed E-state index contributed by atoms with van der Waals surface area (Å²) in [5, 5.41) is 5.28. The first-order valence-corrected chi connectivity index (χ1v) is 9.34. The van der Waals surface area contributed by atoms with Crippen molar-refractivity contribution < 1.29 is 14.3 Å². The van der Waals surface area contributed by atoms with Gasteiger partial charge in [-0.05, 0) is 31.0 Å². The van der Waals surface area contributed by atoms with Crippen molar-refractivity contribution in [3.8, 4) is 0 Å². The highest BCUT2D eigenvalue weighted by Gasteiger charge is 2.15. The molecule has 0 spiro atoms. The molecular formula is C19H19N5O3S. The smallest absolute Gasteiger partial charge is 0.361 e. The molecule has 0 unspecified atom stereocenters. The van der Waals surface area contributed by atoms with Gasteiger partial charge in [0, 0.05) is 23.5 Å². The molecule has 0 aliphatic heterocycles. The number of thiazole rings is 1. The molecule has 144 valence electrons. The number of benzene rings is 1. The van der Waals surface area contributed by atoms with Gasteiger partial charge in [-0.15, -0.1) is 11.3 Å². The van der Waals surface area contributed by atoms with Crippen LogP contribution < -0.4 is 11.1 Å². The quantitative estimate of drug-likeness (QED) is 0.614. The molecule has 9 heteroatoms. The summed E-state index contributed by atoms with van der Waals surface area (Å²) in [7, 11) is 0. The van der Waals surface area contributed by atoms with Gasteiger partial charge in [0.25, 0.3) is 0 Å². The highest BCUT2D eigenvalue weighted by atomic mass is 32.1. The second-order valence-corrected chi connectivity index (χ2v) is 7.08. The van der Waals surface area contributed by atoms with Crippen LogP contribution >= 0.6 is 11.3 Å². The zero-order valence-electron chi connectivity index (χ0n) is 15.4. The summed E-state index contributed by atoms with van der Waals surface area (Å²) in [6.07, 6.45) is 2.90. The molecule has 0 bridgehead atoms. The number of nitrogen functional groups attached to an aromatic ring is 1. The molecule has 0 saturated carbocycles. The van der Waals surface area contributed by atoms with Crippen molar-refractivity contribution in [2.45, 2.75) is 26.9 Å². The third kappa shape index (κ3) is 4.89. The van der Waals surface area contributed by atoms with Crippen LogP contribution in [0.3, 0.4) is 0 Å². The molecule has 0 aliphatic rings. The fourth-order valence-electron chi connectivity index (χ4n) is 2.41. The lowest BCUT2D eigenvalue weighted by Crippen LogP contribution is -2.15. The summed E-state index contributed by atoms with van der Waals surface area (Å²) in [6.45, 7) is 3.87. The number of carbonyl (C=O) groups is 2. The van der Waals surface area contributed by atoms with Crippen LogP contribution in [0.25, 0.3) is 0 Å². The molecule has 3 aromatic rings. The zero-order valence-corrected chi connectivity index (χ0v) is 16.2. The van der Waals surface area contributed by atoms with Gasteiger partial charge in [-0.3, -0.25) is 4.79 Å². The number of carbonyl (C=O) groups excluding carboxylic acids is 2. The van der Waals surface area contributed by atoms with Crippen LogP contribution in [0.15, 0.2) is 36.0 Å². The van der Waals surface area contributed by atoms with Gasteiger partial charge in [-0.1, -0.05) is 12.1 Å². The molecule has 0 atom stereocenters. The fraction of sp³-hybridized carbons (Fsp3) is 0.211. The van der Waals surface area contributed by atoms with Gasteiger partial charge >= 0.3 is 5.97 Å².